The number of methoxy groups -OCH3 is 2. The quantitative estimate of drug-likeness (QED) is 0.645. The number of thioether (sulfide) groups is 1. The number of hydrogen-bond donors (Lipinski definition) is 1. The number of rotatable bonds is 8. The molecule has 3 rings (SSSR count). The van der Waals surface area contributed by atoms with Crippen LogP contribution in [0.5, 0.6) is 11.5 Å². The lowest BCUT2D eigenvalue weighted by Crippen LogP contribution is -2.41. The third-order valence-electron chi connectivity index (χ3n) is 4.80. The molecule has 2 saturated heterocycles. The Hall–Kier alpha value is -2.52. The van der Waals surface area contributed by atoms with Crippen LogP contribution < -0.4 is 14.8 Å². The summed E-state index contributed by atoms with van der Waals surface area (Å²) in [6, 6.07) is 5.27. The van der Waals surface area contributed by atoms with Gasteiger partial charge in [0.2, 0.25) is 5.91 Å². The monoisotopic (exact) mass is 419 g/mol. The van der Waals surface area contributed by atoms with Gasteiger partial charge in [-0.1, -0.05) is 6.07 Å². The molecule has 0 radical (unpaired) electrons. The van der Waals surface area contributed by atoms with Crippen LogP contribution in [-0.2, 0) is 9.59 Å². The second-order valence-corrected chi connectivity index (χ2v) is 7.77. The third kappa shape index (κ3) is 5.30. The van der Waals surface area contributed by atoms with Gasteiger partial charge < -0.3 is 14.8 Å². The number of hydrogen-bond acceptors (Lipinski definition) is 7. The Bertz CT molecular complexity index is 820. The maximum absolute atomic E-state index is 12.6. The predicted molar refractivity (Wildman–Crippen MR) is 111 cm³/mol. The summed E-state index contributed by atoms with van der Waals surface area (Å²) in [7, 11) is 3.08. The molecule has 0 bridgehead atoms. The standard InChI is InChI=1S/C20H25N3O5S/c1-27-15-6-5-14(11-16(15)28-2)12-17-19(25)23(20(26)29-17)10-7-21-18(24)13-22-8-3-4-9-22/h5-6,11-12H,3-4,7-10,13H2,1-2H3,(H,21,24)/b17-12-. The second-order valence-electron chi connectivity index (χ2n) is 6.78. The van der Waals surface area contributed by atoms with Gasteiger partial charge in [0.15, 0.2) is 11.5 Å². The lowest BCUT2D eigenvalue weighted by Gasteiger charge is -2.16. The molecule has 0 atom stereocenters. The van der Waals surface area contributed by atoms with Crippen molar-refractivity contribution < 1.29 is 23.9 Å². The zero-order valence-corrected chi connectivity index (χ0v) is 17.4. The molecule has 1 aromatic carbocycles. The van der Waals surface area contributed by atoms with E-state index < -0.39 is 0 Å². The van der Waals surface area contributed by atoms with Crippen LogP contribution in [0.3, 0.4) is 0 Å². The predicted octanol–water partition coefficient (Wildman–Crippen LogP) is 1.95. The molecule has 2 aliphatic heterocycles. The molecule has 0 aliphatic carbocycles. The number of likely N-dealkylation sites (tertiary alicyclic amines) is 1. The van der Waals surface area contributed by atoms with E-state index in [1.54, 1.807) is 31.4 Å². The van der Waals surface area contributed by atoms with E-state index in [1.165, 1.54) is 7.11 Å². The maximum atomic E-state index is 12.6. The number of nitrogens with one attached hydrogen (secondary N) is 1. The molecule has 2 fully saturated rings. The van der Waals surface area contributed by atoms with Crippen molar-refractivity contribution in [2.75, 3.05) is 46.9 Å². The first-order valence-electron chi connectivity index (χ1n) is 9.48. The molecule has 1 aromatic rings. The topological polar surface area (TPSA) is 88.2 Å². The van der Waals surface area contributed by atoms with Crippen LogP contribution in [0.2, 0.25) is 0 Å². The van der Waals surface area contributed by atoms with Crippen molar-refractivity contribution in [3.05, 3.63) is 28.7 Å². The summed E-state index contributed by atoms with van der Waals surface area (Å²) in [5, 5.41) is 2.45. The lowest BCUT2D eigenvalue weighted by molar-refractivity contribution is -0.124. The molecule has 8 nitrogen and oxygen atoms in total. The number of benzene rings is 1. The minimum absolute atomic E-state index is 0.0836. The highest BCUT2D eigenvalue weighted by Crippen LogP contribution is 2.34. The van der Waals surface area contributed by atoms with E-state index in [1.807, 2.05) is 0 Å². The van der Waals surface area contributed by atoms with Crippen LogP contribution in [0.1, 0.15) is 18.4 Å². The normalized spacial score (nSPS) is 18.6. The zero-order chi connectivity index (χ0) is 20.8. The van der Waals surface area contributed by atoms with Gasteiger partial charge in [0.25, 0.3) is 11.1 Å². The molecule has 156 valence electrons. The molecule has 2 heterocycles. The van der Waals surface area contributed by atoms with Gasteiger partial charge >= 0.3 is 0 Å². The zero-order valence-electron chi connectivity index (χ0n) is 16.6. The van der Waals surface area contributed by atoms with E-state index in [4.69, 9.17) is 9.47 Å². The van der Waals surface area contributed by atoms with Crippen LogP contribution >= 0.6 is 11.8 Å². The summed E-state index contributed by atoms with van der Waals surface area (Å²) in [6.45, 7) is 2.64. The first kappa shape index (κ1) is 21.2. The highest BCUT2D eigenvalue weighted by molar-refractivity contribution is 8.18. The first-order chi connectivity index (χ1) is 14.0. The van der Waals surface area contributed by atoms with E-state index in [2.05, 4.69) is 10.2 Å². The molecular weight excluding hydrogens is 394 g/mol. The molecule has 0 saturated carbocycles. The number of nitrogens with zero attached hydrogens (tertiary/aromatic N) is 2. The fourth-order valence-corrected chi connectivity index (χ4v) is 4.16. The van der Waals surface area contributed by atoms with Crippen molar-refractivity contribution in [1.29, 1.82) is 0 Å². The van der Waals surface area contributed by atoms with E-state index in [0.717, 1.165) is 48.2 Å². The summed E-state index contributed by atoms with van der Waals surface area (Å²) in [5.41, 5.74) is 0.729. The lowest BCUT2D eigenvalue weighted by atomic mass is 10.2. The highest BCUT2D eigenvalue weighted by atomic mass is 32.2. The molecule has 0 aromatic heterocycles. The van der Waals surface area contributed by atoms with Gasteiger partial charge in [0.1, 0.15) is 0 Å². The molecule has 0 unspecified atom stereocenters. The fourth-order valence-electron chi connectivity index (χ4n) is 3.29. The van der Waals surface area contributed by atoms with Gasteiger partial charge in [-0.05, 0) is 61.5 Å². The molecule has 1 N–H and O–H groups in total. The van der Waals surface area contributed by atoms with Crippen molar-refractivity contribution in [2.45, 2.75) is 12.8 Å². The Morgan fingerprint density at radius 2 is 1.90 bits per heavy atom. The fraction of sp³-hybridized carbons (Fsp3) is 0.450. The van der Waals surface area contributed by atoms with Crippen LogP contribution in [0, 0.1) is 0 Å². The Balaban J connectivity index is 1.56. The number of carbonyl (C=O) groups excluding carboxylic acids is 3. The smallest absolute Gasteiger partial charge is 0.293 e. The van der Waals surface area contributed by atoms with Crippen molar-refractivity contribution in [1.82, 2.24) is 15.1 Å². The molecular formula is C20H25N3O5S. The Labute approximate surface area is 174 Å². The van der Waals surface area contributed by atoms with Crippen molar-refractivity contribution in [3.8, 4) is 11.5 Å². The van der Waals surface area contributed by atoms with Crippen molar-refractivity contribution in [3.63, 3.8) is 0 Å². The van der Waals surface area contributed by atoms with E-state index in [0.29, 0.717) is 22.9 Å². The summed E-state index contributed by atoms with van der Waals surface area (Å²) < 4.78 is 10.5. The summed E-state index contributed by atoms with van der Waals surface area (Å²) in [5.74, 6) is 0.687. The van der Waals surface area contributed by atoms with Gasteiger partial charge in [-0.15, -0.1) is 0 Å². The van der Waals surface area contributed by atoms with Crippen LogP contribution in [-0.4, -0.2) is 73.8 Å². The minimum atomic E-state index is -0.358. The molecule has 29 heavy (non-hydrogen) atoms. The first-order valence-corrected chi connectivity index (χ1v) is 10.3. The minimum Gasteiger partial charge on any atom is -0.493 e. The third-order valence-corrected chi connectivity index (χ3v) is 5.71. The van der Waals surface area contributed by atoms with Crippen LogP contribution in [0.15, 0.2) is 23.1 Å². The van der Waals surface area contributed by atoms with Crippen molar-refractivity contribution >= 4 is 34.9 Å². The Morgan fingerprint density at radius 1 is 1.17 bits per heavy atom. The van der Waals surface area contributed by atoms with E-state index in [9.17, 15) is 14.4 Å². The summed E-state index contributed by atoms with van der Waals surface area (Å²) in [4.78, 5) is 40.4. The summed E-state index contributed by atoms with van der Waals surface area (Å²) >= 11 is 0.891. The van der Waals surface area contributed by atoms with Crippen molar-refractivity contribution in [2.24, 2.45) is 0 Å². The van der Waals surface area contributed by atoms with Gasteiger partial charge in [-0.2, -0.15) is 0 Å². The largest absolute Gasteiger partial charge is 0.493 e. The second kappa shape index (κ2) is 9.80. The number of carbonyl (C=O) groups is 3. The molecule has 3 amide bonds. The Kier molecular flexibility index (Phi) is 7.16. The van der Waals surface area contributed by atoms with Crippen LogP contribution in [0.4, 0.5) is 4.79 Å². The van der Waals surface area contributed by atoms with Gasteiger partial charge in [-0.3, -0.25) is 24.2 Å². The van der Waals surface area contributed by atoms with Gasteiger partial charge in [-0.25, -0.2) is 0 Å². The molecule has 0 spiro atoms. The average molecular weight is 420 g/mol. The van der Waals surface area contributed by atoms with Crippen LogP contribution in [0.25, 0.3) is 6.08 Å². The number of amides is 3. The van der Waals surface area contributed by atoms with Gasteiger partial charge in [0, 0.05) is 13.1 Å². The van der Waals surface area contributed by atoms with E-state index in [-0.39, 0.29) is 30.1 Å². The molecule has 9 heteroatoms. The summed E-state index contributed by atoms with van der Waals surface area (Å²) in [6.07, 6.45) is 3.89. The van der Waals surface area contributed by atoms with Gasteiger partial charge in [0.05, 0.1) is 25.7 Å². The van der Waals surface area contributed by atoms with E-state index >= 15 is 0 Å². The maximum Gasteiger partial charge on any atom is 0.293 e. The highest BCUT2D eigenvalue weighted by Gasteiger charge is 2.34. The number of ether oxygens (including phenoxy) is 2. The SMILES string of the molecule is COc1ccc(/C=C2\SC(=O)N(CCNC(=O)CN3CCCC3)C2=O)cc1OC. The number of imide groups is 1. The Morgan fingerprint density at radius 3 is 2.59 bits per heavy atom. The average Bonchev–Trinajstić information content (AvgIpc) is 3.31. The molecule has 2 aliphatic rings.